The fourth-order valence-electron chi connectivity index (χ4n) is 4.66. The van der Waals surface area contributed by atoms with E-state index in [4.69, 9.17) is 4.98 Å². The Kier molecular flexibility index (Phi) is 6.83. The first-order valence-electron chi connectivity index (χ1n) is 12.4. The summed E-state index contributed by atoms with van der Waals surface area (Å²) >= 11 is 1.29. The average Bonchev–Trinajstić information content (AvgIpc) is 3.29. The first kappa shape index (κ1) is 23.9. The van der Waals surface area contributed by atoms with Crippen molar-refractivity contribution in [1.82, 2.24) is 25.1 Å². The number of nitrogens with zero attached hydrogens (tertiary/aromatic N) is 4. The number of rotatable bonds is 8. The summed E-state index contributed by atoms with van der Waals surface area (Å²) in [6, 6.07) is 38.2. The minimum atomic E-state index is -0.236. The Bertz CT molecular complexity index is 1650. The Balaban J connectivity index is 1.25. The maximum absolute atomic E-state index is 13.1. The molecule has 38 heavy (non-hydrogen) atoms. The summed E-state index contributed by atoms with van der Waals surface area (Å²) in [5, 5.41) is 13.5. The van der Waals surface area contributed by atoms with Gasteiger partial charge in [0.05, 0.1) is 17.3 Å². The Morgan fingerprint density at radius 3 is 2.05 bits per heavy atom. The zero-order chi connectivity index (χ0) is 25.7. The average molecular weight is 516 g/mol. The number of benzene rings is 4. The number of carbonyl (C=O) groups excluding carboxylic acids is 1. The molecule has 6 rings (SSSR count). The van der Waals surface area contributed by atoms with Gasteiger partial charge in [0.2, 0.25) is 11.1 Å². The normalized spacial score (nSPS) is 11.3. The molecule has 6 nitrogen and oxygen atoms in total. The second-order valence-electron chi connectivity index (χ2n) is 8.97. The third-order valence-electron chi connectivity index (χ3n) is 6.44. The number of thioether (sulfide) groups is 1. The van der Waals surface area contributed by atoms with Crippen LogP contribution in [-0.4, -0.2) is 31.4 Å². The lowest BCUT2D eigenvalue weighted by Gasteiger charge is -2.19. The van der Waals surface area contributed by atoms with Crippen LogP contribution in [0.15, 0.2) is 120 Å². The second kappa shape index (κ2) is 10.9. The highest BCUT2D eigenvalue weighted by molar-refractivity contribution is 7.99. The molecular weight excluding hydrogens is 490 g/mol. The summed E-state index contributed by atoms with van der Waals surface area (Å²) in [7, 11) is 0. The molecule has 7 heteroatoms. The number of hydrogen-bond acceptors (Lipinski definition) is 5. The highest BCUT2D eigenvalue weighted by Crippen LogP contribution is 2.28. The van der Waals surface area contributed by atoms with Gasteiger partial charge < -0.3 is 9.88 Å². The van der Waals surface area contributed by atoms with Crippen molar-refractivity contribution < 1.29 is 4.79 Å². The largest absolute Gasteiger partial charge is 0.344 e. The first-order valence-corrected chi connectivity index (χ1v) is 13.4. The zero-order valence-corrected chi connectivity index (χ0v) is 21.4. The monoisotopic (exact) mass is 515 g/mol. The smallest absolute Gasteiger partial charge is 0.231 e. The molecular formula is C31H25N5OS. The van der Waals surface area contributed by atoms with Crippen molar-refractivity contribution in [3.05, 3.63) is 132 Å². The van der Waals surface area contributed by atoms with Crippen molar-refractivity contribution in [3.63, 3.8) is 0 Å². The minimum Gasteiger partial charge on any atom is -0.344 e. The lowest BCUT2D eigenvalue weighted by molar-refractivity contribution is -0.119. The molecule has 4 aromatic carbocycles. The lowest BCUT2D eigenvalue weighted by atomic mass is 9.99. The third kappa shape index (κ3) is 5.01. The molecule has 0 unspecified atom stereocenters. The Hall–Kier alpha value is -4.49. The quantitative estimate of drug-likeness (QED) is 0.251. The van der Waals surface area contributed by atoms with Gasteiger partial charge in [0.25, 0.3) is 0 Å². The van der Waals surface area contributed by atoms with Crippen molar-refractivity contribution in [2.45, 2.75) is 17.7 Å². The molecule has 0 atom stereocenters. The summed E-state index contributed by atoms with van der Waals surface area (Å²) in [5.74, 6) is 0.0867. The zero-order valence-electron chi connectivity index (χ0n) is 20.6. The van der Waals surface area contributed by atoms with Crippen molar-refractivity contribution in [3.8, 4) is 0 Å². The predicted molar refractivity (Wildman–Crippen MR) is 152 cm³/mol. The summed E-state index contributed by atoms with van der Waals surface area (Å²) in [6.45, 7) is 0.671. The standard InChI is InChI=1S/C31H25N5OS/c37-27(32-28(23-14-6-2-7-15-23)24-16-8-3-9-17-24)21-38-31-33-30-29(34-35-31)25-18-10-11-19-26(25)36(30)20-22-12-4-1-5-13-22/h1-19,28H,20-21H2,(H,32,37). The number of nitrogens with one attached hydrogen (secondary N) is 1. The SMILES string of the molecule is O=C(CSc1nnc2c3ccccc3n(Cc3ccccc3)c2n1)NC(c1ccccc1)c1ccccc1. The molecule has 0 fully saturated rings. The predicted octanol–water partition coefficient (Wildman–Crippen LogP) is 6.03. The van der Waals surface area contributed by atoms with E-state index >= 15 is 0 Å². The van der Waals surface area contributed by atoms with Gasteiger partial charge in [-0.1, -0.05) is 121 Å². The Morgan fingerprint density at radius 2 is 1.37 bits per heavy atom. The van der Waals surface area contributed by atoms with E-state index in [0.29, 0.717) is 11.7 Å². The van der Waals surface area contributed by atoms with Gasteiger partial charge in [-0.15, -0.1) is 10.2 Å². The van der Waals surface area contributed by atoms with Crippen LogP contribution < -0.4 is 5.32 Å². The van der Waals surface area contributed by atoms with Crippen LogP contribution in [0.25, 0.3) is 22.1 Å². The second-order valence-corrected chi connectivity index (χ2v) is 9.91. The maximum Gasteiger partial charge on any atom is 0.231 e. The van der Waals surface area contributed by atoms with Gasteiger partial charge in [-0.3, -0.25) is 4.79 Å². The molecule has 0 saturated carbocycles. The fourth-order valence-corrected chi connectivity index (χ4v) is 5.25. The number of fused-ring (bicyclic) bond motifs is 3. The van der Waals surface area contributed by atoms with Crippen LogP contribution >= 0.6 is 11.8 Å². The van der Waals surface area contributed by atoms with Crippen LogP contribution in [0.5, 0.6) is 0 Å². The van der Waals surface area contributed by atoms with Crippen LogP contribution in [0, 0.1) is 0 Å². The van der Waals surface area contributed by atoms with Crippen LogP contribution in [0.4, 0.5) is 0 Å². The molecule has 0 bridgehead atoms. The maximum atomic E-state index is 13.1. The molecule has 1 N–H and O–H groups in total. The van der Waals surface area contributed by atoms with Gasteiger partial charge in [0, 0.05) is 11.9 Å². The molecule has 0 aliphatic rings. The van der Waals surface area contributed by atoms with E-state index in [1.54, 1.807) is 0 Å². The highest BCUT2D eigenvalue weighted by Gasteiger charge is 2.19. The number of carbonyl (C=O) groups is 1. The minimum absolute atomic E-state index is 0.0961. The van der Waals surface area contributed by atoms with Gasteiger partial charge in [0.1, 0.15) is 5.52 Å². The molecule has 0 saturated heterocycles. The van der Waals surface area contributed by atoms with Gasteiger partial charge >= 0.3 is 0 Å². The molecule has 186 valence electrons. The molecule has 0 radical (unpaired) electrons. The van der Waals surface area contributed by atoms with E-state index in [9.17, 15) is 4.79 Å². The van der Waals surface area contributed by atoms with Crippen molar-refractivity contribution in [1.29, 1.82) is 0 Å². The molecule has 6 aromatic rings. The molecule has 2 heterocycles. The van der Waals surface area contributed by atoms with Gasteiger partial charge in [0.15, 0.2) is 5.65 Å². The Labute approximate surface area is 224 Å². The van der Waals surface area contributed by atoms with Crippen molar-refractivity contribution in [2.24, 2.45) is 0 Å². The van der Waals surface area contributed by atoms with Crippen LogP contribution in [0.2, 0.25) is 0 Å². The first-order chi connectivity index (χ1) is 18.8. The van der Waals surface area contributed by atoms with Crippen LogP contribution in [0.1, 0.15) is 22.7 Å². The molecule has 0 aliphatic carbocycles. The van der Waals surface area contributed by atoms with E-state index in [0.717, 1.165) is 33.2 Å². The van der Waals surface area contributed by atoms with Crippen LogP contribution in [0.3, 0.4) is 0 Å². The highest BCUT2D eigenvalue weighted by atomic mass is 32.2. The number of hydrogen-bond donors (Lipinski definition) is 1. The van der Waals surface area contributed by atoms with E-state index < -0.39 is 0 Å². The molecule has 0 aliphatic heterocycles. The summed E-state index contributed by atoms with van der Waals surface area (Å²) in [4.78, 5) is 17.9. The van der Waals surface area contributed by atoms with E-state index in [-0.39, 0.29) is 17.7 Å². The van der Waals surface area contributed by atoms with Gasteiger partial charge in [-0.2, -0.15) is 0 Å². The number of para-hydroxylation sites is 1. The van der Waals surface area contributed by atoms with Gasteiger partial charge in [-0.05, 0) is 22.8 Å². The summed E-state index contributed by atoms with van der Waals surface area (Å²) in [5.41, 5.74) is 5.82. The summed E-state index contributed by atoms with van der Waals surface area (Å²) in [6.07, 6.45) is 0. The fraction of sp³-hybridized carbons (Fsp3) is 0.0968. The Morgan fingerprint density at radius 1 is 0.763 bits per heavy atom. The molecule has 0 spiro atoms. The molecule has 2 aromatic heterocycles. The van der Waals surface area contributed by atoms with Crippen LogP contribution in [-0.2, 0) is 11.3 Å². The summed E-state index contributed by atoms with van der Waals surface area (Å²) < 4.78 is 2.17. The molecule has 1 amide bonds. The number of amides is 1. The van der Waals surface area contributed by atoms with Crippen molar-refractivity contribution in [2.75, 3.05) is 5.75 Å². The van der Waals surface area contributed by atoms with E-state index in [1.807, 2.05) is 97.1 Å². The van der Waals surface area contributed by atoms with E-state index in [2.05, 4.69) is 38.3 Å². The topological polar surface area (TPSA) is 72.7 Å². The third-order valence-corrected chi connectivity index (χ3v) is 7.28. The van der Waals surface area contributed by atoms with Gasteiger partial charge in [-0.25, -0.2) is 4.98 Å². The lowest BCUT2D eigenvalue weighted by Crippen LogP contribution is -2.30. The van der Waals surface area contributed by atoms with E-state index in [1.165, 1.54) is 17.3 Å². The number of aromatic nitrogens is 4. The van der Waals surface area contributed by atoms with Crippen molar-refractivity contribution >= 4 is 39.7 Å².